The molecule has 0 N–H and O–H groups in total. The summed E-state index contributed by atoms with van der Waals surface area (Å²) < 4.78 is 61.6. The Bertz CT molecular complexity index is 1030. The molecule has 13 heteroatoms. The summed E-state index contributed by atoms with van der Waals surface area (Å²) in [6.45, 7) is 2.71. The van der Waals surface area contributed by atoms with Crippen molar-refractivity contribution in [2.45, 2.75) is 23.6 Å². The number of sulfonamides is 2. The Morgan fingerprint density at radius 2 is 0.939 bits per heavy atom. The monoisotopic (exact) mass is 573 g/mol. The van der Waals surface area contributed by atoms with Gasteiger partial charge in [0.2, 0.25) is 0 Å². The minimum atomic E-state index is -3.76. The van der Waals surface area contributed by atoms with E-state index in [1.165, 1.54) is 38.5 Å². The molecule has 0 amide bonds. The molecule has 1 radical (unpaired) electrons. The van der Waals surface area contributed by atoms with Gasteiger partial charge in [0.05, 0.1) is 14.2 Å². The van der Waals surface area contributed by atoms with E-state index in [2.05, 4.69) is 18.9 Å². The van der Waals surface area contributed by atoms with Gasteiger partial charge in [0.15, 0.2) is 0 Å². The van der Waals surface area contributed by atoms with Crippen LogP contribution in [0.15, 0.2) is 58.3 Å². The number of rotatable bonds is 8. The second-order valence-electron chi connectivity index (χ2n) is 6.30. The fraction of sp³-hybridized carbons (Fsp3) is 0.300. The van der Waals surface area contributed by atoms with Crippen molar-refractivity contribution in [2.24, 2.45) is 0 Å². The zero-order valence-corrected chi connectivity index (χ0v) is 23.1. The molecule has 33 heavy (non-hydrogen) atoms. The summed E-state index contributed by atoms with van der Waals surface area (Å²) in [6.07, 6.45) is 0. The molecule has 0 unspecified atom stereocenters. The summed E-state index contributed by atoms with van der Waals surface area (Å²) >= 11 is 0. The second-order valence-corrected chi connectivity index (χ2v) is 9.66. The molecule has 10 nitrogen and oxygen atoms in total. The van der Waals surface area contributed by atoms with Gasteiger partial charge >= 0.3 is 0 Å². The number of methoxy groups -OCH3 is 2. The van der Waals surface area contributed by atoms with Gasteiger partial charge < -0.3 is 18.9 Å². The van der Waals surface area contributed by atoms with Gasteiger partial charge in [-0.1, -0.05) is 35.4 Å². The SMILES string of the molecule is COC(=O)C[N-]S(=O)(=O)c1ccc(C)cc1.COC(=O)C[N-]S(=O)(=O)c1ccc(C)cc1.[Y]. The quantitative estimate of drug-likeness (QED) is 0.438. The summed E-state index contributed by atoms with van der Waals surface area (Å²) in [5, 5.41) is 0. The minimum Gasteiger partial charge on any atom is -0.535 e. The molecule has 0 aliphatic heterocycles. The van der Waals surface area contributed by atoms with Crippen LogP contribution in [0.2, 0.25) is 0 Å². The van der Waals surface area contributed by atoms with Gasteiger partial charge in [0.25, 0.3) is 11.9 Å². The summed E-state index contributed by atoms with van der Waals surface area (Å²) in [7, 11) is -5.16. The smallest absolute Gasteiger partial charge is 0.285 e. The van der Waals surface area contributed by atoms with Crippen molar-refractivity contribution >= 4 is 32.0 Å². The Labute approximate surface area is 219 Å². The average molecular weight is 573 g/mol. The number of esters is 2. The zero-order chi connectivity index (χ0) is 24.4. The molecule has 0 aliphatic rings. The number of hydrogen-bond donors (Lipinski definition) is 0. The third kappa shape index (κ3) is 11.3. The van der Waals surface area contributed by atoms with Crippen LogP contribution in [0.1, 0.15) is 11.1 Å². The van der Waals surface area contributed by atoms with Gasteiger partial charge in [-0.2, -0.15) is 0 Å². The number of hydrogen-bond acceptors (Lipinski definition) is 8. The number of ether oxygens (including phenoxy) is 2. The first-order valence-corrected chi connectivity index (χ1v) is 11.9. The van der Waals surface area contributed by atoms with Crippen molar-refractivity contribution in [1.82, 2.24) is 0 Å². The number of nitrogens with zero attached hydrogens (tertiary/aromatic N) is 2. The summed E-state index contributed by atoms with van der Waals surface area (Å²) in [5.74, 6) is -1.37. The van der Waals surface area contributed by atoms with E-state index in [1.807, 2.05) is 13.8 Å². The molecule has 0 spiro atoms. The van der Waals surface area contributed by atoms with Crippen LogP contribution in [0, 0.1) is 13.8 Å². The van der Waals surface area contributed by atoms with Crippen LogP contribution in [0.25, 0.3) is 9.44 Å². The van der Waals surface area contributed by atoms with Crippen molar-refractivity contribution in [3.05, 3.63) is 69.1 Å². The van der Waals surface area contributed by atoms with Gasteiger partial charge in [0, 0.05) is 42.5 Å². The first kappa shape index (κ1) is 31.3. The van der Waals surface area contributed by atoms with Crippen molar-refractivity contribution < 1.29 is 68.6 Å². The van der Waals surface area contributed by atoms with Gasteiger partial charge in [0.1, 0.15) is 20.0 Å². The Hall–Kier alpha value is -1.70. The van der Waals surface area contributed by atoms with E-state index in [0.29, 0.717) is 0 Å². The predicted octanol–water partition coefficient (Wildman–Crippen LogP) is 2.46. The minimum absolute atomic E-state index is 0. The molecule has 179 valence electrons. The van der Waals surface area contributed by atoms with E-state index in [1.54, 1.807) is 24.3 Å². The maximum Gasteiger partial charge on any atom is 0.285 e. The van der Waals surface area contributed by atoms with Gasteiger partial charge in [-0.15, -0.1) is 0 Å². The maximum absolute atomic E-state index is 11.6. The molecule has 0 aliphatic carbocycles. The molecular formula is C20H24N2O8S2Y-2. The molecule has 2 aromatic carbocycles. The van der Waals surface area contributed by atoms with E-state index in [0.717, 1.165) is 11.1 Å². The summed E-state index contributed by atoms with van der Waals surface area (Å²) in [4.78, 5) is 21.7. The molecule has 0 aromatic heterocycles. The van der Waals surface area contributed by atoms with E-state index < -0.39 is 45.1 Å². The molecule has 0 fully saturated rings. The van der Waals surface area contributed by atoms with Crippen molar-refractivity contribution in [3.8, 4) is 0 Å². The summed E-state index contributed by atoms with van der Waals surface area (Å²) in [5.41, 5.74) is 1.90. The second kappa shape index (κ2) is 14.5. The third-order valence-corrected chi connectivity index (χ3v) is 6.49. The van der Waals surface area contributed by atoms with Crippen molar-refractivity contribution in [2.75, 3.05) is 27.3 Å². The van der Waals surface area contributed by atoms with E-state index in [4.69, 9.17) is 0 Å². The van der Waals surface area contributed by atoms with Crippen molar-refractivity contribution in [3.63, 3.8) is 0 Å². The molecule has 2 aromatic rings. The Kier molecular flexibility index (Phi) is 13.8. The van der Waals surface area contributed by atoms with Crippen LogP contribution >= 0.6 is 0 Å². The molecule has 2 rings (SSSR count). The molecule has 0 atom stereocenters. The average Bonchev–Trinajstić information content (AvgIpc) is 2.77. The van der Waals surface area contributed by atoms with Gasteiger partial charge in [-0.05, 0) is 51.2 Å². The molecule has 0 bridgehead atoms. The van der Waals surface area contributed by atoms with E-state index >= 15 is 0 Å². The predicted molar refractivity (Wildman–Crippen MR) is 117 cm³/mol. The van der Waals surface area contributed by atoms with Gasteiger partial charge in [-0.3, -0.25) is 9.59 Å². The first-order chi connectivity index (χ1) is 14.9. The molecule has 0 saturated carbocycles. The Morgan fingerprint density at radius 1 is 0.667 bits per heavy atom. The largest absolute Gasteiger partial charge is 0.535 e. The van der Waals surface area contributed by atoms with Crippen LogP contribution in [0.5, 0.6) is 0 Å². The van der Waals surface area contributed by atoms with E-state index in [-0.39, 0.29) is 42.5 Å². The molecular weight excluding hydrogens is 549 g/mol. The summed E-state index contributed by atoms with van der Waals surface area (Å²) in [6, 6.07) is 12.5. The van der Waals surface area contributed by atoms with Crippen LogP contribution in [0.4, 0.5) is 0 Å². The maximum atomic E-state index is 11.6. The fourth-order valence-electron chi connectivity index (χ4n) is 1.97. The van der Waals surface area contributed by atoms with Crippen LogP contribution in [0.3, 0.4) is 0 Å². The standard InChI is InChI=1S/2C10H12NO4S.Y/c2*1-8-3-5-9(6-4-8)16(13,14)11-7-10(12)15-2;/h2*3-6H,7H2,1-2H3;/q2*-1;. The molecule has 0 heterocycles. The normalized spacial score (nSPS) is 10.8. The number of aryl methyl sites for hydroxylation is 2. The Morgan fingerprint density at radius 3 is 1.18 bits per heavy atom. The van der Waals surface area contributed by atoms with Crippen LogP contribution in [-0.4, -0.2) is 56.1 Å². The van der Waals surface area contributed by atoms with E-state index in [9.17, 15) is 26.4 Å². The Balaban J connectivity index is 0.000000602. The fourth-order valence-corrected chi connectivity index (χ4v) is 3.78. The first-order valence-electron chi connectivity index (χ1n) is 9.06. The van der Waals surface area contributed by atoms with Gasteiger partial charge in [-0.25, -0.2) is 16.8 Å². The van der Waals surface area contributed by atoms with Crippen LogP contribution < -0.4 is 0 Å². The molecule has 0 saturated heterocycles. The number of carbonyl (C=O) groups is 2. The van der Waals surface area contributed by atoms with Crippen molar-refractivity contribution in [1.29, 1.82) is 0 Å². The zero-order valence-electron chi connectivity index (χ0n) is 18.6. The number of benzene rings is 2. The van der Waals surface area contributed by atoms with Crippen LogP contribution in [-0.2, 0) is 71.8 Å². The number of carbonyl (C=O) groups excluding carboxylic acids is 2. The third-order valence-electron chi connectivity index (χ3n) is 3.82. The topological polar surface area (TPSA) is 149 Å².